The molecule has 1 aliphatic heterocycles. The van der Waals surface area contributed by atoms with Crippen LogP contribution < -0.4 is 10.0 Å². The van der Waals surface area contributed by atoms with E-state index in [1.54, 1.807) is 6.21 Å². The Hall–Kier alpha value is -1.49. The van der Waals surface area contributed by atoms with Gasteiger partial charge in [0.1, 0.15) is 12.1 Å². The number of anilines is 1. The van der Waals surface area contributed by atoms with Crippen molar-refractivity contribution in [1.82, 2.24) is 0 Å². The number of hydrogen-bond acceptors (Lipinski definition) is 3. The monoisotopic (exact) mass is 193 g/mol. The second-order valence-electron chi connectivity index (χ2n) is 2.51. The number of fused-ring (bicyclic) bond motifs is 1. The molecular weight excluding hydrogens is 186 g/mol. The fourth-order valence-electron chi connectivity index (χ4n) is 1.11. The molecule has 1 aliphatic rings. The predicted octanol–water partition coefficient (Wildman–Crippen LogP) is 1.57. The Morgan fingerprint density at radius 3 is 3.00 bits per heavy atom. The van der Waals surface area contributed by atoms with Gasteiger partial charge in [-0.05, 0) is 6.07 Å². The number of benzene rings is 1. The Labute approximate surface area is 79.7 Å². The maximum Gasteiger partial charge on any atom is 0.330 e. The van der Waals surface area contributed by atoms with E-state index >= 15 is 0 Å². The highest BCUT2D eigenvalue weighted by atomic mass is 32.2. The third kappa shape index (κ3) is 1.38. The van der Waals surface area contributed by atoms with Crippen LogP contribution in [0, 0.1) is 0 Å². The topological polar surface area (TPSA) is 58.7 Å². The number of hydrogen-bond donors (Lipinski definition) is 1. The van der Waals surface area contributed by atoms with Crippen LogP contribution in [0.5, 0.6) is 0 Å². The summed E-state index contributed by atoms with van der Waals surface area (Å²) in [6, 6.07) is 6.95. The van der Waals surface area contributed by atoms with Gasteiger partial charge < -0.3 is 5.73 Å². The minimum atomic E-state index is -0.505. The summed E-state index contributed by atoms with van der Waals surface area (Å²) >= 11 is 1.04. The van der Waals surface area contributed by atoms with E-state index in [9.17, 15) is 4.79 Å². The van der Waals surface area contributed by atoms with Gasteiger partial charge in [-0.15, -0.1) is 0 Å². The number of carbonyl (C=O) groups is 1. The maximum absolute atomic E-state index is 11.0. The lowest BCUT2D eigenvalue weighted by Gasteiger charge is -2.20. The molecule has 0 aliphatic carbocycles. The highest BCUT2D eigenvalue weighted by molar-refractivity contribution is 8.00. The average molecular weight is 193 g/mol. The molecule has 2 amide bonds. The second-order valence-corrected chi connectivity index (χ2v) is 3.25. The Morgan fingerprint density at radius 1 is 1.46 bits per heavy atom. The molecule has 0 aromatic heterocycles. The molecule has 1 aromatic rings. The van der Waals surface area contributed by atoms with Gasteiger partial charge >= 0.3 is 6.03 Å². The van der Waals surface area contributed by atoms with Gasteiger partial charge in [-0.3, -0.25) is 0 Å². The predicted molar refractivity (Wildman–Crippen MR) is 53.7 cm³/mol. The summed E-state index contributed by atoms with van der Waals surface area (Å²) in [4.78, 5) is 11.0. The van der Waals surface area contributed by atoms with E-state index in [-0.39, 0.29) is 0 Å². The first-order chi connectivity index (χ1) is 6.29. The van der Waals surface area contributed by atoms with Crippen LogP contribution in [-0.2, 0) is 0 Å². The van der Waals surface area contributed by atoms with Crippen molar-refractivity contribution in [2.24, 2.45) is 10.1 Å². The smallest absolute Gasteiger partial charge is 0.330 e. The minimum Gasteiger partial charge on any atom is -0.350 e. The van der Waals surface area contributed by atoms with Gasteiger partial charge in [0.15, 0.2) is 0 Å². The van der Waals surface area contributed by atoms with Crippen LogP contribution in [0.1, 0.15) is 5.56 Å². The van der Waals surface area contributed by atoms with Crippen LogP contribution in [0.2, 0.25) is 0 Å². The number of primary amides is 1. The first-order valence-electron chi connectivity index (χ1n) is 3.68. The number of urea groups is 1. The zero-order valence-corrected chi connectivity index (χ0v) is 7.49. The van der Waals surface area contributed by atoms with Crippen molar-refractivity contribution in [1.29, 1.82) is 0 Å². The minimum absolute atomic E-state index is 0.505. The van der Waals surface area contributed by atoms with Crippen molar-refractivity contribution < 1.29 is 4.79 Å². The number of carbonyl (C=O) groups excluding carboxylic acids is 1. The van der Waals surface area contributed by atoms with Crippen LogP contribution in [0.25, 0.3) is 0 Å². The molecule has 0 saturated heterocycles. The summed E-state index contributed by atoms with van der Waals surface area (Å²) in [5.41, 5.74) is 6.86. The number of amides is 2. The van der Waals surface area contributed by atoms with E-state index < -0.39 is 6.03 Å². The zero-order chi connectivity index (χ0) is 9.26. The van der Waals surface area contributed by atoms with Crippen LogP contribution >= 0.6 is 12.1 Å². The van der Waals surface area contributed by atoms with Gasteiger partial charge in [0.25, 0.3) is 0 Å². The van der Waals surface area contributed by atoms with Crippen LogP contribution in [-0.4, -0.2) is 12.2 Å². The summed E-state index contributed by atoms with van der Waals surface area (Å²) in [5, 5.41) is 0. The summed E-state index contributed by atoms with van der Waals surface area (Å²) < 4.78 is 5.29. The van der Waals surface area contributed by atoms with E-state index in [4.69, 9.17) is 5.73 Å². The van der Waals surface area contributed by atoms with E-state index in [2.05, 4.69) is 4.40 Å². The molecule has 0 unspecified atom stereocenters. The number of nitrogens with zero attached hydrogens (tertiary/aromatic N) is 2. The summed E-state index contributed by atoms with van der Waals surface area (Å²) in [6.45, 7) is 0. The molecule has 2 N–H and O–H groups in total. The van der Waals surface area contributed by atoms with E-state index in [1.165, 1.54) is 4.31 Å². The van der Waals surface area contributed by atoms with Crippen molar-refractivity contribution in [3.8, 4) is 0 Å². The Bertz CT molecular complexity index is 377. The molecule has 0 fully saturated rings. The van der Waals surface area contributed by atoms with Crippen LogP contribution in [0.3, 0.4) is 0 Å². The van der Waals surface area contributed by atoms with Gasteiger partial charge in [-0.25, -0.2) is 13.5 Å². The molecule has 2 rings (SSSR count). The molecule has 0 saturated carbocycles. The molecular formula is C8H7N3OS. The standard InChI is InChI=1S/C8H7N3OS/c9-8(12)11-7-4-2-1-3-6(7)5-10-13-11/h1-5H,(H2,9,12). The quantitative estimate of drug-likeness (QED) is 0.636. The Morgan fingerprint density at radius 2 is 2.23 bits per heavy atom. The van der Waals surface area contributed by atoms with Gasteiger partial charge in [0.2, 0.25) is 0 Å². The maximum atomic E-state index is 11.0. The lowest BCUT2D eigenvalue weighted by Crippen LogP contribution is -2.31. The number of rotatable bonds is 0. The first kappa shape index (κ1) is 8.12. The third-order valence-electron chi connectivity index (χ3n) is 1.68. The molecule has 5 heteroatoms. The summed E-state index contributed by atoms with van der Waals surface area (Å²) in [5.74, 6) is 0. The largest absolute Gasteiger partial charge is 0.350 e. The zero-order valence-electron chi connectivity index (χ0n) is 6.68. The van der Waals surface area contributed by atoms with Crippen molar-refractivity contribution in [2.75, 3.05) is 4.31 Å². The van der Waals surface area contributed by atoms with Crippen molar-refractivity contribution in [2.45, 2.75) is 0 Å². The molecule has 1 heterocycles. The SMILES string of the molecule is NC(=O)N1SN=Cc2ccccc21. The van der Waals surface area contributed by atoms with Crippen LogP contribution in [0.15, 0.2) is 28.7 Å². The molecule has 0 spiro atoms. The molecule has 0 radical (unpaired) electrons. The normalized spacial score (nSPS) is 14.0. The van der Waals surface area contributed by atoms with Crippen molar-refractivity contribution >= 4 is 30.1 Å². The highest BCUT2D eigenvalue weighted by Crippen LogP contribution is 2.29. The Balaban J connectivity index is 2.49. The Kier molecular flexibility index (Phi) is 1.94. The summed E-state index contributed by atoms with van der Waals surface area (Å²) in [6.07, 6.45) is 1.71. The van der Waals surface area contributed by atoms with Crippen molar-refractivity contribution in [3.05, 3.63) is 29.8 Å². The lowest BCUT2D eigenvalue weighted by atomic mass is 10.2. The molecule has 1 aromatic carbocycles. The second kappa shape index (κ2) is 3.10. The highest BCUT2D eigenvalue weighted by Gasteiger charge is 2.18. The number of para-hydroxylation sites is 1. The fraction of sp³-hybridized carbons (Fsp3) is 0. The lowest BCUT2D eigenvalue weighted by molar-refractivity contribution is 0.257. The number of nitrogens with two attached hydrogens (primary N) is 1. The van der Waals surface area contributed by atoms with Gasteiger partial charge in [0.05, 0.1) is 5.69 Å². The molecule has 66 valence electrons. The fourth-order valence-corrected chi connectivity index (χ4v) is 1.70. The van der Waals surface area contributed by atoms with E-state index in [0.29, 0.717) is 0 Å². The average Bonchev–Trinajstić information content (AvgIpc) is 2.17. The van der Waals surface area contributed by atoms with Gasteiger partial charge in [-0.2, -0.15) is 0 Å². The van der Waals surface area contributed by atoms with Gasteiger partial charge in [-0.1, -0.05) is 18.2 Å². The summed E-state index contributed by atoms with van der Waals surface area (Å²) in [7, 11) is 0. The first-order valence-corrected chi connectivity index (χ1v) is 4.41. The van der Waals surface area contributed by atoms with E-state index in [1.807, 2.05) is 24.3 Å². The molecule has 0 bridgehead atoms. The van der Waals surface area contributed by atoms with E-state index in [0.717, 1.165) is 23.4 Å². The van der Waals surface area contributed by atoms with Gasteiger partial charge in [0, 0.05) is 11.8 Å². The molecule has 13 heavy (non-hydrogen) atoms. The molecule has 4 nitrogen and oxygen atoms in total. The van der Waals surface area contributed by atoms with Crippen molar-refractivity contribution in [3.63, 3.8) is 0 Å². The molecule has 0 atom stereocenters. The third-order valence-corrected chi connectivity index (χ3v) is 2.42. The van der Waals surface area contributed by atoms with Crippen LogP contribution in [0.4, 0.5) is 10.5 Å².